The number of urea groups is 1. The van der Waals surface area contributed by atoms with Crippen molar-refractivity contribution >= 4 is 6.03 Å². The maximum Gasteiger partial charge on any atom is 0.319 e. The van der Waals surface area contributed by atoms with Crippen LogP contribution >= 0.6 is 0 Å². The third-order valence-corrected chi connectivity index (χ3v) is 2.04. The predicted molar refractivity (Wildman–Crippen MR) is 43.2 cm³/mol. The maximum atomic E-state index is 11.3. The zero-order valence-electron chi connectivity index (χ0n) is 7.08. The summed E-state index contributed by atoms with van der Waals surface area (Å²) < 4.78 is 0. The van der Waals surface area contributed by atoms with E-state index in [1.165, 1.54) is 0 Å². The number of nitrogens with zero attached hydrogens (tertiary/aromatic N) is 2. The molecule has 1 atom stereocenters. The molecule has 2 N–H and O–H groups in total. The fourth-order valence-corrected chi connectivity index (χ4v) is 1.19. The van der Waals surface area contributed by atoms with E-state index in [4.69, 9.17) is 5.73 Å². The third kappa shape index (κ3) is 1.45. The molecule has 0 spiro atoms. The summed E-state index contributed by atoms with van der Waals surface area (Å²) in [6.45, 7) is 1.44. The molecule has 0 aliphatic carbocycles. The van der Waals surface area contributed by atoms with Gasteiger partial charge in [-0.05, 0) is 6.42 Å². The monoisotopic (exact) mass is 157 g/mol. The summed E-state index contributed by atoms with van der Waals surface area (Å²) in [6, 6.07) is 0.358. The van der Waals surface area contributed by atoms with Gasteiger partial charge in [-0.1, -0.05) is 0 Å². The SMILES string of the molecule is CN(C)C(=O)N1CCC1CN. The Morgan fingerprint density at radius 1 is 1.73 bits per heavy atom. The van der Waals surface area contributed by atoms with Crippen molar-refractivity contribution in [3.05, 3.63) is 0 Å². The second-order valence-corrected chi connectivity index (χ2v) is 3.05. The largest absolute Gasteiger partial charge is 0.331 e. The molecule has 1 aliphatic rings. The standard InChI is InChI=1S/C7H15N3O/c1-9(2)7(11)10-4-3-6(10)5-8/h6H,3-5,8H2,1-2H3. The molecule has 0 bridgehead atoms. The lowest BCUT2D eigenvalue weighted by Crippen LogP contribution is -2.57. The maximum absolute atomic E-state index is 11.3. The van der Waals surface area contributed by atoms with Crippen molar-refractivity contribution < 1.29 is 4.79 Å². The number of nitrogens with two attached hydrogens (primary N) is 1. The Balaban J connectivity index is 2.42. The second-order valence-electron chi connectivity index (χ2n) is 3.05. The van der Waals surface area contributed by atoms with Gasteiger partial charge in [-0.25, -0.2) is 4.79 Å². The minimum atomic E-state index is 0.0756. The fraction of sp³-hybridized carbons (Fsp3) is 0.857. The summed E-state index contributed by atoms with van der Waals surface area (Å²) in [6.07, 6.45) is 1.05. The van der Waals surface area contributed by atoms with E-state index in [9.17, 15) is 4.79 Å². The fourth-order valence-electron chi connectivity index (χ4n) is 1.19. The van der Waals surface area contributed by atoms with Crippen LogP contribution in [0.2, 0.25) is 0 Å². The van der Waals surface area contributed by atoms with Gasteiger partial charge in [0.15, 0.2) is 0 Å². The highest BCUT2D eigenvalue weighted by atomic mass is 16.2. The number of likely N-dealkylation sites (tertiary alicyclic amines) is 1. The average molecular weight is 157 g/mol. The molecule has 1 saturated heterocycles. The highest BCUT2D eigenvalue weighted by Crippen LogP contribution is 2.16. The average Bonchev–Trinajstić information content (AvgIpc) is 1.86. The molecular weight excluding hydrogens is 142 g/mol. The molecule has 11 heavy (non-hydrogen) atoms. The van der Waals surface area contributed by atoms with Crippen LogP contribution in [0.15, 0.2) is 0 Å². The van der Waals surface area contributed by atoms with E-state index in [-0.39, 0.29) is 12.1 Å². The molecule has 4 nitrogen and oxygen atoms in total. The van der Waals surface area contributed by atoms with Crippen molar-refractivity contribution in [3.8, 4) is 0 Å². The molecular formula is C7H15N3O. The molecule has 2 amide bonds. The predicted octanol–water partition coefficient (Wildman–Crippen LogP) is -0.299. The van der Waals surface area contributed by atoms with Crippen molar-refractivity contribution in [2.45, 2.75) is 12.5 Å². The number of amides is 2. The topological polar surface area (TPSA) is 49.6 Å². The first kappa shape index (κ1) is 8.33. The molecule has 0 saturated carbocycles. The molecule has 4 heteroatoms. The van der Waals surface area contributed by atoms with Crippen molar-refractivity contribution in [2.75, 3.05) is 27.2 Å². The normalized spacial score (nSPS) is 22.8. The zero-order valence-corrected chi connectivity index (χ0v) is 7.08. The first-order chi connectivity index (χ1) is 5.16. The van der Waals surface area contributed by atoms with Crippen LogP contribution in [0.5, 0.6) is 0 Å². The molecule has 1 rings (SSSR count). The van der Waals surface area contributed by atoms with Crippen molar-refractivity contribution in [1.29, 1.82) is 0 Å². The number of hydrogen-bond donors (Lipinski definition) is 1. The van der Waals surface area contributed by atoms with E-state index in [1.54, 1.807) is 23.9 Å². The van der Waals surface area contributed by atoms with Gasteiger partial charge in [0, 0.05) is 33.2 Å². The van der Waals surface area contributed by atoms with Crippen molar-refractivity contribution in [3.63, 3.8) is 0 Å². The first-order valence-electron chi connectivity index (χ1n) is 3.84. The van der Waals surface area contributed by atoms with E-state index in [2.05, 4.69) is 0 Å². The lowest BCUT2D eigenvalue weighted by Gasteiger charge is -2.41. The van der Waals surface area contributed by atoms with Crippen LogP contribution in [0.3, 0.4) is 0 Å². The van der Waals surface area contributed by atoms with E-state index in [0.29, 0.717) is 6.54 Å². The molecule has 1 heterocycles. The molecule has 0 aromatic heterocycles. The van der Waals surface area contributed by atoms with E-state index in [0.717, 1.165) is 13.0 Å². The van der Waals surface area contributed by atoms with Crippen LogP contribution in [0.4, 0.5) is 4.79 Å². The van der Waals surface area contributed by atoms with Gasteiger partial charge in [0.2, 0.25) is 0 Å². The van der Waals surface area contributed by atoms with Gasteiger partial charge in [-0.2, -0.15) is 0 Å². The van der Waals surface area contributed by atoms with Gasteiger partial charge in [-0.3, -0.25) is 0 Å². The van der Waals surface area contributed by atoms with Gasteiger partial charge in [0.05, 0.1) is 0 Å². The molecule has 64 valence electrons. The highest BCUT2D eigenvalue weighted by Gasteiger charge is 2.31. The van der Waals surface area contributed by atoms with Crippen LogP contribution in [0.25, 0.3) is 0 Å². The molecule has 0 radical (unpaired) electrons. The smallest absolute Gasteiger partial charge is 0.319 e. The Morgan fingerprint density at radius 3 is 2.64 bits per heavy atom. The minimum Gasteiger partial charge on any atom is -0.331 e. The number of carbonyl (C=O) groups is 1. The van der Waals surface area contributed by atoms with Crippen LogP contribution in [-0.4, -0.2) is 49.1 Å². The summed E-state index contributed by atoms with van der Waals surface area (Å²) >= 11 is 0. The zero-order chi connectivity index (χ0) is 8.43. The van der Waals surface area contributed by atoms with Crippen LogP contribution in [0.1, 0.15) is 6.42 Å². The van der Waals surface area contributed by atoms with Crippen molar-refractivity contribution in [2.24, 2.45) is 5.73 Å². The van der Waals surface area contributed by atoms with Gasteiger partial charge in [0.25, 0.3) is 0 Å². The molecule has 1 unspecified atom stereocenters. The Kier molecular flexibility index (Phi) is 2.34. The Bertz CT molecular complexity index is 156. The summed E-state index contributed by atoms with van der Waals surface area (Å²) in [5.74, 6) is 0. The Labute approximate surface area is 66.9 Å². The lowest BCUT2D eigenvalue weighted by molar-refractivity contribution is 0.0993. The van der Waals surface area contributed by atoms with Crippen molar-refractivity contribution in [1.82, 2.24) is 9.80 Å². The second kappa shape index (κ2) is 3.09. The summed E-state index contributed by atoms with van der Waals surface area (Å²) in [5.41, 5.74) is 5.45. The Morgan fingerprint density at radius 2 is 2.36 bits per heavy atom. The summed E-state index contributed by atoms with van der Waals surface area (Å²) in [5, 5.41) is 0. The lowest BCUT2D eigenvalue weighted by atomic mass is 10.0. The molecule has 1 fully saturated rings. The van der Waals surface area contributed by atoms with E-state index in [1.807, 2.05) is 0 Å². The molecule has 1 aliphatic heterocycles. The highest BCUT2D eigenvalue weighted by molar-refractivity contribution is 5.75. The van der Waals surface area contributed by atoms with Gasteiger partial charge < -0.3 is 15.5 Å². The Hall–Kier alpha value is -0.770. The summed E-state index contributed by atoms with van der Waals surface area (Å²) in [4.78, 5) is 14.7. The minimum absolute atomic E-state index is 0.0756. The number of hydrogen-bond acceptors (Lipinski definition) is 2. The molecule has 0 aromatic carbocycles. The van der Waals surface area contributed by atoms with Crippen LogP contribution in [0, 0.1) is 0 Å². The quantitative estimate of drug-likeness (QED) is 0.568. The van der Waals surface area contributed by atoms with E-state index < -0.39 is 0 Å². The number of rotatable bonds is 1. The van der Waals surface area contributed by atoms with Gasteiger partial charge >= 0.3 is 6.03 Å². The van der Waals surface area contributed by atoms with Crippen LogP contribution in [-0.2, 0) is 0 Å². The number of carbonyl (C=O) groups excluding carboxylic acids is 1. The van der Waals surface area contributed by atoms with Gasteiger partial charge in [0.1, 0.15) is 0 Å². The first-order valence-corrected chi connectivity index (χ1v) is 3.84. The summed E-state index contributed by atoms with van der Waals surface area (Å²) in [7, 11) is 3.52. The van der Waals surface area contributed by atoms with Crippen LogP contribution < -0.4 is 5.73 Å². The van der Waals surface area contributed by atoms with Gasteiger partial charge in [-0.15, -0.1) is 0 Å². The van der Waals surface area contributed by atoms with E-state index >= 15 is 0 Å². The molecule has 0 aromatic rings. The third-order valence-electron chi connectivity index (χ3n) is 2.04.